The smallest absolute Gasteiger partial charge is 0.287 e. The van der Waals surface area contributed by atoms with Crippen LogP contribution in [0, 0.1) is 0 Å². The third-order valence-electron chi connectivity index (χ3n) is 4.24. The summed E-state index contributed by atoms with van der Waals surface area (Å²) in [7, 11) is 0. The summed E-state index contributed by atoms with van der Waals surface area (Å²) < 4.78 is 7.59. The summed E-state index contributed by atoms with van der Waals surface area (Å²) in [6, 6.07) is 14.1. The van der Waals surface area contributed by atoms with Crippen molar-refractivity contribution in [1.82, 2.24) is 14.9 Å². The Morgan fingerprint density at radius 2 is 2.04 bits per heavy atom. The largest absolute Gasteiger partial charge is 0.451 e. The van der Waals surface area contributed by atoms with E-state index < -0.39 is 0 Å². The van der Waals surface area contributed by atoms with Crippen molar-refractivity contribution in [3.8, 4) is 0 Å². The van der Waals surface area contributed by atoms with Gasteiger partial charge in [-0.1, -0.05) is 12.1 Å². The Morgan fingerprint density at radius 1 is 1.15 bits per heavy atom. The van der Waals surface area contributed by atoms with Crippen LogP contribution in [-0.4, -0.2) is 22.0 Å². The number of nitrogens with zero attached hydrogens (tertiary/aromatic N) is 2. The number of aryl methyl sites for hydroxylation is 1. The molecule has 0 unspecified atom stereocenters. The maximum Gasteiger partial charge on any atom is 0.287 e. The summed E-state index contributed by atoms with van der Waals surface area (Å²) in [5, 5.41) is 4.36. The average Bonchev–Trinajstić information content (AvgIpc) is 3.08. The number of pyridine rings is 1. The highest BCUT2D eigenvalue weighted by Gasteiger charge is 2.11. The van der Waals surface area contributed by atoms with Gasteiger partial charge in [0.2, 0.25) is 0 Å². The van der Waals surface area contributed by atoms with Crippen LogP contribution in [0.15, 0.2) is 70.1 Å². The standard InChI is InChI=1S/C20H17N3O3/c24-16-13-18(26-17-7-2-1-6-15(16)17)20(25)22-10-4-11-23-12-8-14-5-3-9-21-19(14)23/h1-3,5-9,12-13H,4,10-11H2,(H,22,25). The van der Waals surface area contributed by atoms with Gasteiger partial charge in [0.25, 0.3) is 5.91 Å². The van der Waals surface area contributed by atoms with Gasteiger partial charge in [0.1, 0.15) is 11.2 Å². The van der Waals surface area contributed by atoms with Gasteiger partial charge in [-0.2, -0.15) is 0 Å². The second-order valence-electron chi connectivity index (χ2n) is 6.01. The first-order chi connectivity index (χ1) is 12.7. The van der Waals surface area contributed by atoms with Crippen molar-refractivity contribution in [3.05, 3.63) is 76.9 Å². The molecule has 6 nitrogen and oxygen atoms in total. The predicted octanol–water partition coefficient (Wildman–Crippen LogP) is 2.96. The molecule has 6 heteroatoms. The van der Waals surface area contributed by atoms with Gasteiger partial charge in [-0.3, -0.25) is 9.59 Å². The van der Waals surface area contributed by atoms with E-state index in [-0.39, 0.29) is 17.1 Å². The molecule has 0 aliphatic heterocycles. The molecule has 1 N–H and O–H groups in total. The molecular formula is C20H17N3O3. The first-order valence-electron chi connectivity index (χ1n) is 8.43. The summed E-state index contributed by atoms with van der Waals surface area (Å²) in [6.07, 6.45) is 4.49. The highest BCUT2D eigenvalue weighted by Crippen LogP contribution is 2.13. The third-order valence-corrected chi connectivity index (χ3v) is 4.24. The van der Waals surface area contributed by atoms with Crippen LogP contribution in [-0.2, 0) is 6.54 Å². The first kappa shape index (κ1) is 16.1. The molecule has 130 valence electrons. The minimum atomic E-state index is -0.386. The van der Waals surface area contributed by atoms with E-state index in [1.807, 2.05) is 24.4 Å². The molecule has 0 bridgehead atoms. The van der Waals surface area contributed by atoms with Crippen LogP contribution in [0.3, 0.4) is 0 Å². The average molecular weight is 347 g/mol. The Hall–Kier alpha value is -3.41. The molecule has 0 aliphatic carbocycles. The van der Waals surface area contributed by atoms with E-state index in [4.69, 9.17) is 4.42 Å². The second kappa shape index (κ2) is 6.84. The molecule has 0 saturated carbocycles. The Morgan fingerprint density at radius 3 is 2.96 bits per heavy atom. The summed E-state index contributed by atoms with van der Waals surface area (Å²) >= 11 is 0. The van der Waals surface area contributed by atoms with Gasteiger partial charge < -0.3 is 14.3 Å². The van der Waals surface area contributed by atoms with Crippen LogP contribution in [0.25, 0.3) is 22.0 Å². The van der Waals surface area contributed by atoms with E-state index in [0.29, 0.717) is 17.5 Å². The van der Waals surface area contributed by atoms with Crippen molar-refractivity contribution in [2.75, 3.05) is 6.54 Å². The predicted molar refractivity (Wildman–Crippen MR) is 99.2 cm³/mol. The lowest BCUT2D eigenvalue weighted by molar-refractivity contribution is 0.0925. The van der Waals surface area contributed by atoms with E-state index in [1.165, 1.54) is 6.07 Å². The van der Waals surface area contributed by atoms with Crippen LogP contribution < -0.4 is 10.7 Å². The van der Waals surface area contributed by atoms with E-state index >= 15 is 0 Å². The zero-order chi connectivity index (χ0) is 17.9. The summed E-state index contributed by atoms with van der Waals surface area (Å²) in [6.45, 7) is 1.21. The van der Waals surface area contributed by atoms with Gasteiger partial charge in [0, 0.05) is 36.9 Å². The van der Waals surface area contributed by atoms with E-state index in [1.54, 1.807) is 30.5 Å². The van der Waals surface area contributed by atoms with Crippen LogP contribution in [0.4, 0.5) is 0 Å². The second-order valence-corrected chi connectivity index (χ2v) is 6.01. The lowest BCUT2D eigenvalue weighted by atomic mass is 10.2. The fourth-order valence-electron chi connectivity index (χ4n) is 2.96. The minimum absolute atomic E-state index is 0.0294. The van der Waals surface area contributed by atoms with Crippen molar-refractivity contribution < 1.29 is 9.21 Å². The Kier molecular flexibility index (Phi) is 4.23. The van der Waals surface area contributed by atoms with Crippen molar-refractivity contribution in [2.45, 2.75) is 13.0 Å². The SMILES string of the molecule is O=C(NCCCn1ccc2cccnc21)c1cc(=O)c2ccccc2o1. The topological polar surface area (TPSA) is 77.1 Å². The van der Waals surface area contributed by atoms with Crippen LogP contribution in [0.5, 0.6) is 0 Å². The fraction of sp³-hybridized carbons (Fsp3) is 0.150. The molecule has 0 fully saturated rings. The molecular weight excluding hydrogens is 330 g/mol. The maximum absolute atomic E-state index is 12.3. The van der Waals surface area contributed by atoms with Gasteiger partial charge in [-0.25, -0.2) is 4.98 Å². The minimum Gasteiger partial charge on any atom is -0.451 e. The molecule has 0 aliphatic rings. The number of benzene rings is 1. The number of carbonyl (C=O) groups excluding carboxylic acids is 1. The van der Waals surface area contributed by atoms with Gasteiger partial charge >= 0.3 is 0 Å². The Bertz CT molecular complexity index is 1140. The molecule has 26 heavy (non-hydrogen) atoms. The fourth-order valence-corrected chi connectivity index (χ4v) is 2.96. The third kappa shape index (κ3) is 3.09. The number of hydrogen-bond acceptors (Lipinski definition) is 4. The Balaban J connectivity index is 1.39. The molecule has 1 aromatic carbocycles. The van der Waals surface area contributed by atoms with Gasteiger partial charge in [-0.05, 0) is 36.8 Å². The molecule has 0 atom stereocenters. The lowest BCUT2D eigenvalue weighted by Crippen LogP contribution is -2.26. The molecule has 4 aromatic rings. The number of aromatic nitrogens is 2. The lowest BCUT2D eigenvalue weighted by Gasteiger charge is -2.07. The maximum atomic E-state index is 12.3. The number of amides is 1. The van der Waals surface area contributed by atoms with Crippen molar-refractivity contribution >= 4 is 27.9 Å². The molecule has 3 heterocycles. The van der Waals surface area contributed by atoms with Crippen LogP contribution >= 0.6 is 0 Å². The van der Waals surface area contributed by atoms with E-state index in [0.717, 1.165) is 24.0 Å². The highest BCUT2D eigenvalue weighted by molar-refractivity contribution is 5.93. The quantitative estimate of drug-likeness (QED) is 0.563. The number of carbonyl (C=O) groups is 1. The first-order valence-corrected chi connectivity index (χ1v) is 8.43. The monoisotopic (exact) mass is 347 g/mol. The molecule has 3 aromatic heterocycles. The van der Waals surface area contributed by atoms with Gasteiger partial charge in [-0.15, -0.1) is 0 Å². The van der Waals surface area contributed by atoms with Crippen LogP contribution in [0.2, 0.25) is 0 Å². The molecule has 1 amide bonds. The van der Waals surface area contributed by atoms with Crippen LogP contribution in [0.1, 0.15) is 17.0 Å². The van der Waals surface area contributed by atoms with Crippen molar-refractivity contribution in [2.24, 2.45) is 0 Å². The number of para-hydroxylation sites is 1. The molecule has 4 rings (SSSR count). The van der Waals surface area contributed by atoms with E-state index in [2.05, 4.69) is 14.9 Å². The number of hydrogen-bond donors (Lipinski definition) is 1. The Labute approximate surface area is 149 Å². The summed E-state index contributed by atoms with van der Waals surface area (Å²) in [5.41, 5.74) is 1.12. The summed E-state index contributed by atoms with van der Waals surface area (Å²) in [5.74, 6) is -0.356. The number of rotatable bonds is 5. The zero-order valence-corrected chi connectivity index (χ0v) is 14.0. The normalized spacial score (nSPS) is 11.1. The van der Waals surface area contributed by atoms with E-state index in [9.17, 15) is 9.59 Å². The van der Waals surface area contributed by atoms with Gasteiger partial charge in [0.05, 0.1) is 5.39 Å². The number of fused-ring (bicyclic) bond motifs is 2. The number of nitrogens with one attached hydrogen (secondary N) is 1. The van der Waals surface area contributed by atoms with Gasteiger partial charge in [0.15, 0.2) is 11.2 Å². The van der Waals surface area contributed by atoms with Crippen molar-refractivity contribution in [1.29, 1.82) is 0 Å². The highest BCUT2D eigenvalue weighted by atomic mass is 16.3. The summed E-state index contributed by atoms with van der Waals surface area (Å²) in [4.78, 5) is 28.7. The molecule has 0 spiro atoms. The zero-order valence-electron chi connectivity index (χ0n) is 14.0. The molecule has 0 saturated heterocycles. The van der Waals surface area contributed by atoms with Crippen molar-refractivity contribution in [3.63, 3.8) is 0 Å². The molecule has 0 radical (unpaired) electrons.